The molecule has 0 bridgehead atoms. The zero-order valence-electron chi connectivity index (χ0n) is 12.8. The molecule has 1 atom stereocenters. The Morgan fingerprint density at radius 3 is 2.86 bits per heavy atom. The molecule has 2 nitrogen and oxygen atoms in total. The Morgan fingerprint density at radius 1 is 1.52 bits per heavy atom. The van der Waals surface area contributed by atoms with Crippen LogP contribution in [0.2, 0.25) is 0 Å². The second kappa shape index (κ2) is 6.82. The summed E-state index contributed by atoms with van der Waals surface area (Å²) in [6.07, 6.45) is 4.78. The zero-order valence-corrected chi connectivity index (χ0v) is 15.0. The van der Waals surface area contributed by atoms with E-state index in [0.717, 1.165) is 34.8 Å². The molecule has 1 aromatic heterocycles. The number of hydrogen-bond donors (Lipinski definition) is 0. The normalized spacial score (nSPS) is 17.9. The molecule has 4 heteroatoms. The van der Waals surface area contributed by atoms with Gasteiger partial charge in [0.05, 0.1) is 0 Å². The van der Waals surface area contributed by atoms with Crippen molar-refractivity contribution in [2.24, 2.45) is 4.99 Å². The maximum absolute atomic E-state index is 4.76. The van der Waals surface area contributed by atoms with Crippen LogP contribution in [0.15, 0.2) is 46.1 Å². The first-order valence-electron chi connectivity index (χ1n) is 6.90. The van der Waals surface area contributed by atoms with Gasteiger partial charge in [-0.15, -0.1) is 0 Å². The van der Waals surface area contributed by atoms with Crippen molar-refractivity contribution in [2.45, 2.75) is 32.1 Å². The number of aliphatic imine (C=N–C) groups is 1. The van der Waals surface area contributed by atoms with E-state index in [4.69, 9.17) is 4.99 Å². The molecule has 2 heterocycles. The SMILES string of the molecule is C=C(C)C=C1N=C(c2ncc(C)cc2S(=C)CC)C[C]1=[V]. The topological polar surface area (TPSA) is 25.2 Å². The summed E-state index contributed by atoms with van der Waals surface area (Å²) in [7, 11) is -0.0361. The van der Waals surface area contributed by atoms with Crippen LogP contribution in [0.5, 0.6) is 0 Å². The van der Waals surface area contributed by atoms with Gasteiger partial charge in [-0.2, -0.15) is 0 Å². The molecular weight excluding hydrogens is 315 g/mol. The van der Waals surface area contributed by atoms with E-state index in [1.807, 2.05) is 19.2 Å². The fraction of sp³-hybridized carbons (Fsp3) is 0.294. The van der Waals surface area contributed by atoms with Gasteiger partial charge in [-0.25, -0.2) is 0 Å². The summed E-state index contributed by atoms with van der Waals surface area (Å²) >= 11 is 2.62. The Kier molecular flexibility index (Phi) is 5.31. The molecule has 1 aliphatic rings. The molecule has 1 aromatic rings. The van der Waals surface area contributed by atoms with Gasteiger partial charge in [0.15, 0.2) is 0 Å². The molecule has 0 amide bonds. The minimum atomic E-state index is -0.0361. The number of pyridine rings is 1. The average molecular weight is 335 g/mol. The van der Waals surface area contributed by atoms with Gasteiger partial charge in [0.2, 0.25) is 0 Å². The van der Waals surface area contributed by atoms with Crippen molar-refractivity contribution in [1.29, 1.82) is 0 Å². The number of aryl methyl sites for hydroxylation is 1. The fourth-order valence-electron chi connectivity index (χ4n) is 2.12. The Labute approximate surface area is 138 Å². The number of aromatic nitrogens is 1. The summed E-state index contributed by atoms with van der Waals surface area (Å²) in [5.41, 5.74) is 5.25. The van der Waals surface area contributed by atoms with Crippen LogP contribution in [0.4, 0.5) is 0 Å². The van der Waals surface area contributed by atoms with Gasteiger partial charge in [0, 0.05) is 0 Å². The summed E-state index contributed by atoms with van der Waals surface area (Å²) in [6.45, 7) is 10.2. The Morgan fingerprint density at radius 2 is 2.24 bits per heavy atom. The zero-order chi connectivity index (χ0) is 15.6. The summed E-state index contributed by atoms with van der Waals surface area (Å²) in [5.74, 6) is 5.31. The predicted octanol–water partition coefficient (Wildman–Crippen LogP) is 3.84. The fourth-order valence-corrected chi connectivity index (χ4v) is 3.64. The van der Waals surface area contributed by atoms with Gasteiger partial charge < -0.3 is 0 Å². The van der Waals surface area contributed by atoms with Gasteiger partial charge in [-0.1, -0.05) is 0 Å². The third kappa shape index (κ3) is 3.79. The first-order valence-corrected chi connectivity index (χ1v) is 9.16. The molecule has 0 spiro atoms. The average Bonchev–Trinajstić information content (AvgIpc) is 2.78. The monoisotopic (exact) mass is 335 g/mol. The van der Waals surface area contributed by atoms with Crippen molar-refractivity contribution in [3.63, 3.8) is 0 Å². The van der Waals surface area contributed by atoms with E-state index in [1.54, 1.807) is 0 Å². The number of hydrogen-bond acceptors (Lipinski definition) is 2. The van der Waals surface area contributed by atoms with Crippen LogP contribution in [0.1, 0.15) is 31.5 Å². The summed E-state index contributed by atoms with van der Waals surface area (Å²) < 4.78 is 1.22. The van der Waals surface area contributed by atoms with Crippen LogP contribution < -0.4 is 0 Å². The van der Waals surface area contributed by atoms with Crippen LogP contribution in [-0.4, -0.2) is 26.5 Å². The van der Waals surface area contributed by atoms with E-state index in [0.29, 0.717) is 0 Å². The van der Waals surface area contributed by atoms with E-state index >= 15 is 0 Å². The number of rotatable bonds is 4. The molecule has 0 saturated heterocycles. The van der Waals surface area contributed by atoms with Crippen molar-refractivity contribution in [3.05, 3.63) is 47.4 Å². The molecule has 109 valence electrons. The predicted molar refractivity (Wildman–Crippen MR) is 91.6 cm³/mol. The molecular formula is C17H20N2SV. The van der Waals surface area contributed by atoms with Crippen LogP contribution >= 0.6 is 10.5 Å². The van der Waals surface area contributed by atoms with Crippen molar-refractivity contribution >= 4 is 26.3 Å². The standard InChI is InChI=1S/C17H20N2S.V/c1-6-20(5)16-10-13(4)11-18-17(16)15-8-7-14(19-15)9-12(2)3;/h9-11H,2,5-6,8H2,1,3-4H3;. The van der Waals surface area contributed by atoms with Gasteiger partial charge in [0.1, 0.15) is 0 Å². The second-order valence-corrected chi connectivity index (χ2v) is 8.04. The third-order valence-corrected chi connectivity index (χ3v) is 5.43. The van der Waals surface area contributed by atoms with E-state index in [1.165, 1.54) is 14.7 Å². The molecule has 2 rings (SSSR count). The molecule has 0 saturated carbocycles. The molecule has 0 fully saturated rings. The van der Waals surface area contributed by atoms with Crippen molar-refractivity contribution < 1.29 is 17.0 Å². The van der Waals surface area contributed by atoms with E-state index in [-0.39, 0.29) is 10.5 Å². The minimum absolute atomic E-state index is 0.0361. The first-order chi connectivity index (χ1) is 9.92. The Bertz CT molecular complexity index is 699. The first kappa shape index (κ1) is 16.3. The van der Waals surface area contributed by atoms with Gasteiger partial charge >= 0.3 is 139 Å². The third-order valence-electron chi connectivity index (χ3n) is 3.19. The molecule has 1 aliphatic heterocycles. The van der Waals surface area contributed by atoms with Crippen LogP contribution in [-0.2, 0) is 17.0 Å². The molecule has 0 aliphatic carbocycles. The van der Waals surface area contributed by atoms with E-state index in [2.05, 4.69) is 54.3 Å². The molecule has 0 N–H and O–H groups in total. The molecule has 21 heavy (non-hydrogen) atoms. The van der Waals surface area contributed by atoms with Crippen molar-refractivity contribution in [3.8, 4) is 0 Å². The Hall–Kier alpha value is -1.03. The summed E-state index contributed by atoms with van der Waals surface area (Å²) in [5, 5.41) is 0. The second-order valence-electron chi connectivity index (χ2n) is 5.20. The van der Waals surface area contributed by atoms with E-state index in [9.17, 15) is 0 Å². The van der Waals surface area contributed by atoms with Crippen molar-refractivity contribution in [2.75, 3.05) is 5.75 Å². The Balaban J connectivity index is 2.51. The molecule has 0 radical (unpaired) electrons. The van der Waals surface area contributed by atoms with Gasteiger partial charge in [0.25, 0.3) is 0 Å². The number of allylic oxidation sites excluding steroid dienone is 3. The quantitative estimate of drug-likeness (QED) is 0.768. The van der Waals surface area contributed by atoms with Crippen LogP contribution in [0.3, 0.4) is 0 Å². The summed E-state index contributed by atoms with van der Waals surface area (Å²) in [4.78, 5) is 10.6. The molecule has 0 aromatic carbocycles. The molecule has 1 unspecified atom stereocenters. The maximum atomic E-state index is 4.76. The van der Waals surface area contributed by atoms with Gasteiger partial charge in [-0.05, 0) is 0 Å². The van der Waals surface area contributed by atoms with E-state index < -0.39 is 0 Å². The van der Waals surface area contributed by atoms with Crippen LogP contribution in [0, 0.1) is 6.92 Å². The summed E-state index contributed by atoms with van der Waals surface area (Å²) in [6, 6.07) is 2.20. The van der Waals surface area contributed by atoms with Crippen LogP contribution in [0.25, 0.3) is 0 Å². The number of nitrogens with zero attached hydrogens (tertiary/aromatic N) is 2. The van der Waals surface area contributed by atoms with Gasteiger partial charge in [-0.3, -0.25) is 0 Å². The van der Waals surface area contributed by atoms with Crippen molar-refractivity contribution in [1.82, 2.24) is 4.98 Å².